The molecule has 2 aromatic rings. The van der Waals surface area contributed by atoms with Gasteiger partial charge in [0.2, 0.25) is 5.91 Å². The minimum atomic E-state index is -4.41. The summed E-state index contributed by atoms with van der Waals surface area (Å²) in [5.74, 6) is -0.518. The first kappa shape index (κ1) is 21.6. The molecule has 4 nitrogen and oxygen atoms in total. The van der Waals surface area contributed by atoms with E-state index in [1.54, 1.807) is 17.4 Å². The van der Waals surface area contributed by atoms with Crippen molar-refractivity contribution in [2.24, 2.45) is 0 Å². The highest BCUT2D eigenvalue weighted by molar-refractivity contribution is 5.92. The summed E-state index contributed by atoms with van der Waals surface area (Å²) in [6, 6.07) is 11.4. The summed E-state index contributed by atoms with van der Waals surface area (Å²) in [4.78, 5) is 16.6. The number of halogens is 4. The number of anilines is 1. The number of benzene rings is 2. The predicted octanol–water partition coefficient (Wildman–Crippen LogP) is 4.37. The van der Waals surface area contributed by atoms with Crippen LogP contribution in [0.25, 0.3) is 0 Å². The lowest BCUT2D eigenvalue weighted by Gasteiger charge is -2.38. The Hall–Kier alpha value is -2.61. The van der Waals surface area contributed by atoms with Gasteiger partial charge in [0, 0.05) is 37.8 Å². The van der Waals surface area contributed by atoms with Gasteiger partial charge in [0.15, 0.2) is 0 Å². The molecule has 166 valence electrons. The van der Waals surface area contributed by atoms with Crippen LogP contribution in [0.2, 0.25) is 0 Å². The lowest BCUT2D eigenvalue weighted by molar-refractivity contribution is -0.137. The third kappa shape index (κ3) is 4.01. The number of piperazine rings is 1. The SMILES string of the molecule is Cc1ccc(C2CC2(NF)C(=O)N2CCN(c3cc(C(F)(F)F)ccc3C)CC2)cc1. The Bertz CT molecular complexity index is 968. The van der Waals surface area contributed by atoms with Crippen LogP contribution in [0.1, 0.15) is 34.6 Å². The first-order valence-corrected chi connectivity index (χ1v) is 10.3. The maximum Gasteiger partial charge on any atom is 0.416 e. The van der Waals surface area contributed by atoms with Crippen LogP contribution in [0.5, 0.6) is 0 Å². The molecule has 1 heterocycles. The second-order valence-electron chi connectivity index (χ2n) is 8.51. The average Bonchev–Trinajstić information content (AvgIpc) is 3.49. The van der Waals surface area contributed by atoms with Gasteiger partial charge >= 0.3 is 6.18 Å². The van der Waals surface area contributed by atoms with Crippen molar-refractivity contribution in [1.29, 1.82) is 0 Å². The van der Waals surface area contributed by atoms with Crippen molar-refractivity contribution in [3.05, 3.63) is 64.7 Å². The van der Waals surface area contributed by atoms with Gasteiger partial charge in [-0.3, -0.25) is 4.79 Å². The largest absolute Gasteiger partial charge is 0.416 e. The van der Waals surface area contributed by atoms with Gasteiger partial charge in [-0.05, 0) is 43.5 Å². The second-order valence-corrected chi connectivity index (χ2v) is 8.51. The van der Waals surface area contributed by atoms with Crippen molar-refractivity contribution in [1.82, 2.24) is 10.4 Å². The Labute approximate surface area is 178 Å². The fourth-order valence-electron chi connectivity index (χ4n) is 4.40. The minimum Gasteiger partial charge on any atom is -0.368 e. The van der Waals surface area contributed by atoms with E-state index < -0.39 is 17.3 Å². The van der Waals surface area contributed by atoms with Gasteiger partial charge in [0.25, 0.3) is 0 Å². The molecule has 2 atom stereocenters. The van der Waals surface area contributed by atoms with Crippen molar-refractivity contribution in [3.8, 4) is 0 Å². The van der Waals surface area contributed by atoms with Crippen LogP contribution in [0.15, 0.2) is 42.5 Å². The van der Waals surface area contributed by atoms with Gasteiger partial charge in [-0.25, -0.2) is 0 Å². The molecule has 1 aliphatic heterocycles. The van der Waals surface area contributed by atoms with E-state index in [1.165, 1.54) is 6.07 Å². The van der Waals surface area contributed by atoms with Gasteiger partial charge in [-0.15, -0.1) is 10.0 Å². The van der Waals surface area contributed by atoms with Crippen LogP contribution < -0.4 is 10.4 Å². The fourth-order valence-corrected chi connectivity index (χ4v) is 4.40. The minimum absolute atomic E-state index is 0.227. The molecule has 0 aromatic heterocycles. The topological polar surface area (TPSA) is 35.6 Å². The van der Waals surface area contributed by atoms with Crippen LogP contribution in [-0.2, 0) is 11.0 Å². The Morgan fingerprint density at radius 3 is 2.26 bits per heavy atom. The van der Waals surface area contributed by atoms with Crippen molar-refractivity contribution in [2.45, 2.75) is 37.9 Å². The summed E-state index contributed by atoms with van der Waals surface area (Å²) >= 11 is 0. The number of nitrogens with one attached hydrogen (secondary N) is 1. The van der Waals surface area contributed by atoms with Crippen LogP contribution in [0.3, 0.4) is 0 Å². The number of amides is 1. The average molecular weight is 435 g/mol. The van der Waals surface area contributed by atoms with Crippen molar-refractivity contribution in [2.75, 3.05) is 31.1 Å². The highest BCUT2D eigenvalue weighted by atomic mass is 19.4. The zero-order valence-electron chi connectivity index (χ0n) is 17.5. The summed E-state index contributed by atoms with van der Waals surface area (Å²) in [5, 5.41) is 0. The first-order valence-electron chi connectivity index (χ1n) is 10.3. The fraction of sp³-hybridized carbons (Fsp3) is 0.435. The van der Waals surface area contributed by atoms with Crippen molar-refractivity contribution >= 4 is 11.6 Å². The molecule has 31 heavy (non-hydrogen) atoms. The molecule has 1 amide bonds. The number of aryl methyl sites for hydroxylation is 2. The van der Waals surface area contributed by atoms with E-state index >= 15 is 0 Å². The van der Waals surface area contributed by atoms with Gasteiger partial charge in [0.05, 0.1) is 5.56 Å². The van der Waals surface area contributed by atoms with E-state index in [4.69, 9.17) is 0 Å². The molecule has 8 heteroatoms. The zero-order chi connectivity index (χ0) is 22.4. The molecule has 2 unspecified atom stereocenters. The Morgan fingerprint density at radius 1 is 1.03 bits per heavy atom. The van der Waals surface area contributed by atoms with Gasteiger partial charge < -0.3 is 9.80 Å². The lowest BCUT2D eigenvalue weighted by Crippen LogP contribution is -2.55. The molecular formula is C23H25F4N3O. The third-order valence-corrected chi connectivity index (χ3v) is 6.43. The molecule has 1 N–H and O–H groups in total. The van der Waals surface area contributed by atoms with E-state index in [1.807, 2.05) is 36.1 Å². The third-order valence-electron chi connectivity index (χ3n) is 6.43. The summed E-state index contributed by atoms with van der Waals surface area (Å²) in [5.41, 5.74) is 3.10. The van der Waals surface area contributed by atoms with Crippen LogP contribution >= 0.6 is 0 Å². The number of hydrogen-bond donors (Lipinski definition) is 1. The van der Waals surface area contributed by atoms with E-state index in [2.05, 4.69) is 0 Å². The highest BCUT2D eigenvalue weighted by Gasteiger charge is 2.62. The Kier molecular flexibility index (Phi) is 5.45. The quantitative estimate of drug-likeness (QED) is 0.572. The van der Waals surface area contributed by atoms with E-state index in [9.17, 15) is 22.4 Å². The Morgan fingerprint density at radius 2 is 1.68 bits per heavy atom. The number of hydrogen-bond acceptors (Lipinski definition) is 3. The monoisotopic (exact) mass is 435 g/mol. The zero-order valence-corrected chi connectivity index (χ0v) is 17.5. The summed E-state index contributed by atoms with van der Waals surface area (Å²) in [6.07, 6.45) is -4.02. The smallest absolute Gasteiger partial charge is 0.368 e. The van der Waals surface area contributed by atoms with Crippen LogP contribution in [-0.4, -0.2) is 42.5 Å². The molecule has 4 rings (SSSR count). The molecule has 1 saturated heterocycles. The molecule has 2 aromatic carbocycles. The van der Waals surface area contributed by atoms with E-state index in [-0.39, 0.29) is 11.8 Å². The molecule has 1 saturated carbocycles. The Balaban J connectivity index is 1.44. The van der Waals surface area contributed by atoms with Gasteiger partial charge in [-0.2, -0.15) is 13.2 Å². The molecule has 0 radical (unpaired) electrons. The normalized spacial score (nSPS) is 23.7. The molecular weight excluding hydrogens is 410 g/mol. The number of carbonyl (C=O) groups excluding carboxylic acids is 1. The van der Waals surface area contributed by atoms with Crippen LogP contribution in [0, 0.1) is 13.8 Å². The summed E-state index contributed by atoms with van der Waals surface area (Å²) in [7, 11) is 0. The highest BCUT2D eigenvalue weighted by Crippen LogP contribution is 2.52. The lowest BCUT2D eigenvalue weighted by atomic mass is 10.0. The number of rotatable bonds is 4. The summed E-state index contributed by atoms with van der Waals surface area (Å²) in [6.45, 7) is 5.19. The molecule has 0 bridgehead atoms. The molecule has 2 fully saturated rings. The number of alkyl halides is 3. The molecule has 2 aliphatic rings. The number of carbonyl (C=O) groups is 1. The van der Waals surface area contributed by atoms with Crippen LogP contribution in [0.4, 0.5) is 23.3 Å². The van der Waals surface area contributed by atoms with E-state index in [0.717, 1.165) is 28.8 Å². The van der Waals surface area contributed by atoms with E-state index in [0.29, 0.717) is 38.3 Å². The molecule has 0 spiro atoms. The van der Waals surface area contributed by atoms with Crippen molar-refractivity contribution in [3.63, 3.8) is 0 Å². The maximum atomic E-state index is 13.8. The maximum absolute atomic E-state index is 13.8. The van der Waals surface area contributed by atoms with Crippen molar-refractivity contribution < 1.29 is 22.4 Å². The first-order chi connectivity index (χ1) is 14.7. The summed E-state index contributed by atoms with van der Waals surface area (Å²) < 4.78 is 53.1. The standard InChI is InChI=1S/C23H25F4N3O/c1-15-3-6-17(7-4-15)19-14-22(19,28-27)21(31)30-11-9-29(10-12-30)20-13-18(23(24,25)26)8-5-16(20)2/h3-8,13,19,28H,9-12,14H2,1-2H3. The van der Waals surface area contributed by atoms with Gasteiger partial charge in [0.1, 0.15) is 5.54 Å². The van der Waals surface area contributed by atoms with Gasteiger partial charge in [-0.1, -0.05) is 35.9 Å². The second kappa shape index (κ2) is 7.82. The predicted molar refractivity (Wildman–Crippen MR) is 110 cm³/mol. The molecule has 1 aliphatic carbocycles. The number of nitrogens with zero attached hydrogens (tertiary/aromatic N) is 2.